The molecule has 118 valence electrons. The molecule has 0 aromatic heterocycles. The van der Waals surface area contributed by atoms with Crippen LogP contribution in [0.5, 0.6) is 5.75 Å². The predicted octanol–water partition coefficient (Wildman–Crippen LogP) is 4.05. The highest BCUT2D eigenvalue weighted by Crippen LogP contribution is 2.36. The Kier molecular flexibility index (Phi) is 4.89. The Morgan fingerprint density at radius 1 is 1.24 bits per heavy atom. The fourth-order valence-electron chi connectivity index (χ4n) is 1.06. The Hall–Kier alpha value is -1.75. The van der Waals surface area contributed by atoms with Gasteiger partial charge >= 0.3 is 18.8 Å². The Morgan fingerprint density at radius 2 is 1.81 bits per heavy atom. The van der Waals surface area contributed by atoms with Gasteiger partial charge < -0.3 is 4.74 Å². The van der Waals surface area contributed by atoms with Crippen molar-refractivity contribution < 1.29 is 40.7 Å². The van der Waals surface area contributed by atoms with Crippen molar-refractivity contribution in [3.63, 3.8) is 0 Å². The minimum Gasteiger partial charge on any atom is -0.427 e. The van der Waals surface area contributed by atoms with E-state index in [4.69, 9.17) is 11.6 Å². The fourth-order valence-corrected chi connectivity index (χ4v) is 1.28. The summed E-state index contributed by atoms with van der Waals surface area (Å²) in [7, 11) is 0. The van der Waals surface area contributed by atoms with E-state index in [1.165, 1.54) is 0 Å². The summed E-state index contributed by atoms with van der Waals surface area (Å²) in [6.45, 7) is 0. The van der Waals surface area contributed by atoms with Crippen molar-refractivity contribution in [3.05, 3.63) is 33.3 Å². The first-order valence-electron chi connectivity index (χ1n) is 4.82. The average molecular weight is 340 g/mol. The summed E-state index contributed by atoms with van der Waals surface area (Å²) >= 11 is 5.37. The number of hydrogen-bond acceptors (Lipinski definition) is 4. The van der Waals surface area contributed by atoms with Gasteiger partial charge in [0.2, 0.25) is 0 Å². The topological polar surface area (TPSA) is 61.6 Å². The van der Waals surface area contributed by atoms with Gasteiger partial charge in [-0.1, -0.05) is 11.6 Å². The number of nitro groups is 1. The zero-order chi connectivity index (χ0) is 16.4. The third kappa shape index (κ3) is 4.93. The summed E-state index contributed by atoms with van der Waals surface area (Å²) in [6, 6.07) is 1.87. The third-order valence-electron chi connectivity index (χ3n) is 1.87. The van der Waals surface area contributed by atoms with Gasteiger partial charge in [-0.25, -0.2) is 9.13 Å². The molecule has 1 aromatic carbocycles. The minimum absolute atomic E-state index is 0.578. The summed E-state index contributed by atoms with van der Waals surface area (Å²) in [5.74, 6) is -0.958. The molecule has 0 saturated carbocycles. The first-order valence-corrected chi connectivity index (χ1v) is 5.19. The number of nitro benzene ring substituents is 1. The van der Waals surface area contributed by atoms with E-state index in [9.17, 15) is 36.5 Å². The van der Waals surface area contributed by atoms with E-state index in [2.05, 4.69) is 9.47 Å². The predicted molar refractivity (Wildman–Crippen MR) is 55.7 cm³/mol. The number of nitrogens with zero attached hydrogens (tertiary/aromatic N) is 1. The Balaban J connectivity index is 2.91. The fraction of sp³-hybridized carbons (Fsp3) is 0.333. The Morgan fingerprint density at radius 3 is 2.24 bits per heavy atom. The lowest BCUT2D eigenvalue weighted by molar-refractivity contribution is -0.411. The maximum atomic E-state index is 13.1. The van der Waals surface area contributed by atoms with Crippen molar-refractivity contribution in [1.82, 2.24) is 0 Å². The maximum absolute atomic E-state index is 13.1. The van der Waals surface area contributed by atoms with Crippen LogP contribution in [0.3, 0.4) is 0 Å². The molecule has 0 heterocycles. The van der Waals surface area contributed by atoms with Gasteiger partial charge in [-0.2, -0.15) is 8.78 Å². The van der Waals surface area contributed by atoms with Crippen LogP contribution in [0.4, 0.5) is 32.0 Å². The zero-order valence-electron chi connectivity index (χ0n) is 9.54. The largest absolute Gasteiger partial charge is 0.525 e. The lowest BCUT2D eigenvalue weighted by atomic mass is 10.3. The number of halogens is 7. The first-order chi connectivity index (χ1) is 9.42. The molecule has 1 unspecified atom stereocenters. The van der Waals surface area contributed by atoms with Gasteiger partial charge in [0.15, 0.2) is 0 Å². The van der Waals surface area contributed by atoms with Gasteiger partial charge in [0.1, 0.15) is 5.75 Å². The summed E-state index contributed by atoms with van der Waals surface area (Å²) in [5.41, 5.74) is -0.584. The van der Waals surface area contributed by atoms with Crippen LogP contribution in [0, 0.1) is 10.1 Å². The molecule has 0 amide bonds. The highest BCUT2D eigenvalue weighted by Gasteiger charge is 2.50. The van der Waals surface area contributed by atoms with Crippen molar-refractivity contribution >= 4 is 17.3 Å². The SMILES string of the molecule is O=[N+]([O-])c1ccc(OC(F)(F)C(F)OC(F)(F)F)c(Cl)c1. The van der Waals surface area contributed by atoms with Crippen LogP contribution in [0.2, 0.25) is 5.02 Å². The number of ether oxygens (including phenoxy) is 2. The Bertz CT molecular complexity index is 537. The summed E-state index contributed by atoms with van der Waals surface area (Å²) in [6.07, 6.45) is -14.8. The minimum atomic E-state index is -5.65. The van der Waals surface area contributed by atoms with Crippen molar-refractivity contribution in [2.24, 2.45) is 0 Å². The molecule has 0 N–H and O–H groups in total. The van der Waals surface area contributed by atoms with Crippen LogP contribution in [0.25, 0.3) is 0 Å². The van der Waals surface area contributed by atoms with Gasteiger partial charge in [0.25, 0.3) is 5.69 Å². The van der Waals surface area contributed by atoms with Gasteiger partial charge in [0, 0.05) is 12.1 Å². The molecule has 12 heteroatoms. The van der Waals surface area contributed by atoms with Gasteiger partial charge in [0.05, 0.1) is 9.95 Å². The van der Waals surface area contributed by atoms with E-state index in [0.29, 0.717) is 18.2 Å². The molecule has 1 aromatic rings. The van der Waals surface area contributed by atoms with Crippen molar-refractivity contribution in [1.29, 1.82) is 0 Å². The quantitative estimate of drug-likeness (QED) is 0.461. The monoisotopic (exact) mass is 339 g/mol. The van der Waals surface area contributed by atoms with Crippen molar-refractivity contribution in [2.45, 2.75) is 18.8 Å². The number of rotatable bonds is 5. The second kappa shape index (κ2) is 5.93. The molecule has 1 rings (SSSR count). The molecule has 0 radical (unpaired) electrons. The molecule has 1 atom stereocenters. The first kappa shape index (κ1) is 17.3. The van der Waals surface area contributed by atoms with Crippen LogP contribution in [-0.4, -0.2) is 23.8 Å². The van der Waals surface area contributed by atoms with E-state index in [0.717, 1.165) is 0 Å². The smallest absolute Gasteiger partial charge is 0.427 e. The molecule has 0 saturated heterocycles. The summed E-state index contributed by atoms with van der Waals surface area (Å²) < 4.78 is 80.0. The second-order valence-corrected chi connectivity index (χ2v) is 3.82. The van der Waals surface area contributed by atoms with E-state index in [-0.39, 0.29) is 0 Å². The lowest BCUT2D eigenvalue weighted by Crippen LogP contribution is -2.41. The van der Waals surface area contributed by atoms with Crippen molar-refractivity contribution in [3.8, 4) is 5.75 Å². The normalized spacial score (nSPS) is 13.9. The molecule has 0 aliphatic carbocycles. The van der Waals surface area contributed by atoms with Crippen LogP contribution in [0.15, 0.2) is 18.2 Å². The number of alkyl halides is 6. The zero-order valence-corrected chi connectivity index (χ0v) is 10.3. The highest BCUT2D eigenvalue weighted by molar-refractivity contribution is 6.32. The molecule has 5 nitrogen and oxygen atoms in total. The van der Waals surface area contributed by atoms with E-state index < -0.39 is 40.2 Å². The van der Waals surface area contributed by atoms with E-state index in [1.807, 2.05) is 0 Å². The number of non-ortho nitro benzene ring substituents is 1. The van der Waals surface area contributed by atoms with Gasteiger partial charge in [-0.05, 0) is 6.07 Å². The van der Waals surface area contributed by atoms with Gasteiger partial charge in [-0.15, -0.1) is 13.2 Å². The summed E-state index contributed by atoms with van der Waals surface area (Å²) in [4.78, 5) is 9.46. The van der Waals surface area contributed by atoms with E-state index in [1.54, 1.807) is 0 Å². The number of hydrogen-bond donors (Lipinski definition) is 0. The van der Waals surface area contributed by atoms with Crippen molar-refractivity contribution in [2.75, 3.05) is 0 Å². The standard InChI is InChI=1S/C9H4ClF6NO4/c10-5-3-4(17(18)19)1-2-6(5)20-8(12,13)7(11)21-9(14,15)16/h1-3,7H. The average Bonchev–Trinajstić information content (AvgIpc) is 2.29. The van der Waals surface area contributed by atoms with Gasteiger partial charge in [-0.3, -0.25) is 10.1 Å². The molecule has 21 heavy (non-hydrogen) atoms. The van der Waals surface area contributed by atoms with Crippen LogP contribution >= 0.6 is 11.6 Å². The second-order valence-electron chi connectivity index (χ2n) is 3.42. The number of benzene rings is 1. The molecule has 0 spiro atoms. The molecule has 0 aliphatic heterocycles. The molecular weight excluding hydrogens is 336 g/mol. The molecule has 0 aliphatic rings. The third-order valence-corrected chi connectivity index (χ3v) is 2.17. The molecule has 0 fully saturated rings. The molecular formula is C9H4ClF6NO4. The lowest BCUT2D eigenvalue weighted by Gasteiger charge is -2.22. The van der Waals surface area contributed by atoms with E-state index >= 15 is 0 Å². The molecule has 0 bridgehead atoms. The Labute approximate surface area is 117 Å². The van der Waals surface area contributed by atoms with Crippen LogP contribution < -0.4 is 4.74 Å². The summed E-state index contributed by atoms with van der Waals surface area (Å²) in [5, 5.41) is 9.65. The van der Waals surface area contributed by atoms with Crippen LogP contribution in [-0.2, 0) is 4.74 Å². The highest BCUT2D eigenvalue weighted by atomic mass is 35.5. The maximum Gasteiger partial charge on any atom is 0.525 e. The van der Waals surface area contributed by atoms with Crippen LogP contribution in [0.1, 0.15) is 0 Å².